The minimum Gasteiger partial charge on any atom is -0.494 e. The first kappa shape index (κ1) is 13.0. The summed E-state index contributed by atoms with van der Waals surface area (Å²) in [6.45, 7) is 3.75. The Morgan fingerprint density at radius 3 is 2.78 bits per heavy atom. The molecule has 4 heteroatoms. The van der Waals surface area contributed by atoms with Gasteiger partial charge in [-0.25, -0.2) is 0 Å². The maximum absolute atomic E-state index is 9.03. The normalized spacial score (nSPS) is 16.3. The zero-order chi connectivity index (χ0) is 13.0. The first-order chi connectivity index (χ1) is 8.67. The Morgan fingerprint density at radius 2 is 2.17 bits per heavy atom. The van der Waals surface area contributed by atoms with Crippen LogP contribution < -0.4 is 15.8 Å². The molecule has 1 aliphatic carbocycles. The fourth-order valence-electron chi connectivity index (χ4n) is 2.19. The molecule has 0 heterocycles. The van der Waals surface area contributed by atoms with E-state index >= 15 is 0 Å². The summed E-state index contributed by atoms with van der Waals surface area (Å²) in [6.07, 6.45) is 3.27. The van der Waals surface area contributed by atoms with Gasteiger partial charge in [-0.05, 0) is 37.7 Å². The second-order valence-electron chi connectivity index (χ2n) is 5.05. The zero-order valence-electron chi connectivity index (χ0n) is 10.9. The van der Waals surface area contributed by atoms with Crippen molar-refractivity contribution in [2.75, 3.05) is 30.8 Å². The third kappa shape index (κ3) is 3.29. The monoisotopic (exact) mass is 250 g/mol. The molecule has 100 valence electrons. The second-order valence-corrected chi connectivity index (χ2v) is 5.05. The van der Waals surface area contributed by atoms with Gasteiger partial charge >= 0.3 is 0 Å². The van der Waals surface area contributed by atoms with Crippen LogP contribution in [0.25, 0.3) is 0 Å². The maximum Gasteiger partial charge on any atom is 0.123 e. The van der Waals surface area contributed by atoms with E-state index in [1.165, 1.54) is 12.8 Å². The van der Waals surface area contributed by atoms with Crippen LogP contribution in [0.2, 0.25) is 0 Å². The molecule has 0 amide bonds. The van der Waals surface area contributed by atoms with Crippen LogP contribution in [0.15, 0.2) is 18.2 Å². The molecule has 1 aromatic carbocycles. The molecule has 0 bridgehead atoms. The van der Waals surface area contributed by atoms with Gasteiger partial charge in [-0.2, -0.15) is 0 Å². The lowest BCUT2D eigenvalue weighted by atomic mass is 10.0. The summed E-state index contributed by atoms with van der Waals surface area (Å²) < 4.78 is 5.46. The van der Waals surface area contributed by atoms with E-state index < -0.39 is 0 Å². The Hall–Kier alpha value is -1.42. The number of hydrogen-bond acceptors (Lipinski definition) is 4. The number of anilines is 2. The van der Waals surface area contributed by atoms with Gasteiger partial charge in [0.15, 0.2) is 0 Å². The van der Waals surface area contributed by atoms with Gasteiger partial charge in [-0.15, -0.1) is 0 Å². The van der Waals surface area contributed by atoms with Crippen molar-refractivity contribution in [2.24, 2.45) is 5.41 Å². The predicted octanol–water partition coefficient (Wildman–Crippen LogP) is 2.24. The number of benzene rings is 1. The van der Waals surface area contributed by atoms with Crippen molar-refractivity contribution >= 4 is 11.4 Å². The standard InChI is InChI=1S/C14H22N2O2/c1-2-18-13-8-11(15)7-12(9-13)16-10-14(3-4-14)5-6-17/h7-9,16-17H,2-6,10,15H2,1H3. The van der Waals surface area contributed by atoms with E-state index in [0.717, 1.165) is 24.4 Å². The Morgan fingerprint density at radius 1 is 1.39 bits per heavy atom. The summed E-state index contributed by atoms with van der Waals surface area (Å²) in [6, 6.07) is 5.71. The Labute approximate surface area is 108 Å². The van der Waals surface area contributed by atoms with Gasteiger partial charge in [0, 0.05) is 36.7 Å². The topological polar surface area (TPSA) is 67.5 Å². The molecule has 0 aromatic heterocycles. The van der Waals surface area contributed by atoms with Crippen molar-refractivity contribution in [3.05, 3.63) is 18.2 Å². The van der Waals surface area contributed by atoms with Gasteiger partial charge in [-0.3, -0.25) is 0 Å². The molecular formula is C14H22N2O2. The molecular weight excluding hydrogens is 228 g/mol. The van der Waals surface area contributed by atoms with Crippen molar-refractivity contribution in [1.82, 2.24) is 0 Å². The maximum atomic E-state index is 9.03. The lowest BCUT2D eigenvalue weighted by Crippen LogP contribution is -2.16. The van der Waals surface area contributed by atoms with Crippen LogP contribution in [-0.4, -0.2) is 24.9 Å². The summed E-state index contributed by atoms with van der Waals surface area (Å²) in [4.78, 5) is 0. The molecule has 4 nitrogen and oxygen atoms in total. The van der Waals surface area contributed by atoms with Crippen LogP contribution >= 0.6 is 0 Å². The summed E-state index contributed by atoms with van der Waals surface area (Å²) in [7, 11) is 0. The molecule has 18 heavy (non-hydrogen) atoms. The molecule has 0 atom stereocenters. The lowest BCUT2D eigenvalue weighted by Gasteiger charge is -2.16. The minimum atomic E-state index is 0.267. The highest BCUT2D eigenvalue weighted by Crippen LogP contribution is 2.48. The molecule has 2 rings (SSSR count). The smallest absolute Gasteiger partial charge is 0.123 e. The van der Waals surface area contributed by atoms with Crippen LogP contribution in [0, 0.1) is 5.41 Å². The predicted molar refractivity (Wildman–Crippen MR) is 73.9 cm³/mol. The molecule has 1 fully saturated rings. The van der Waals surface area contributed by atoms with Gasteiger partial charge in [0.1, 0.15) is 5.75 Å². The van der Waals surface area contributed by atoms with Crippen molar-refractivity contribution in [3.8, 4) is 5.75 Å². The Kier molecular flexibility index (Phi) is 3.97. The number of aliphatic hydroxyl groups is 1. The molecule has 0 radical (unpaired) electrons. The van der Waals surface area contributed by atoms with Gasteiger partial charge < -0.3 is 20.9 Å². The number of ether oxygens (including phenoxy) is 1. The van der Waals surface area contributed by atoms with Gasteiger partial charge in [-0.1, -0.05) is 0 Å². The molecule has 0 spiro atoms. The lowest BCUT2D eigenvalue weighted by molar-refractivity contribution is 0.253. The minimum absolute atomic E-state index is 0.267. The number of rotatable bonds is 7. The molecule has 1 aromatic rings. The molecule has 4 N–H and O–H groups in total. The molecule has 0 unspecified atom stereocenters. The summed E-state index contributed by atoms with van der Waals surface area (Å²) >= 11 is 0. The SMILES string of the molecule is CCOc1cc(N)cc(NCC2(CCO)CC2)c1. The second kappa shape index (κ2) is 5.48. The third-order valence-corrected chi connectivity index (χ3v) is 3.51. The van der Waals surface area contributed by atoms with Crippen LogP contribution in [-0.2, 0) is 0 Å². The Bertz CT molecular complexity index is 403. The van der Waals surface area contributed by atoms with E-state index in [2.05, 4.69) is 5.32 Å². The zero-order valence-corrected chi connectivity index (χ0v) is 10.9. The van der Waals surface area contributed by atoms with E-state index in [-0.39, 0.29) is 6.61 Å². The fourth-order valence-corrected chi connectivity index (χ4v) is 2.19. The van der Waals surface area contributed by atoms with Crippen LogP contribution in [0.3, 0.4) is 0 Å². The third-order valence-electron chi connectivity index (χ3n) is 3.51. The number of nitrogens with two attached hydrogens (primary N) is 1. The first-order valence-electron chi connectivity index (χ1n) is 6.55. The van der Waals surface area contributed by atoms with E-state index in [1.54, 1.807) is 0 Å². The van der Waals surface area contributed by atoms with E-state index in [4.69, 9.17) is 15.6 Å². The highest BCUT2D eigenvalue weighted by molar-refractivity contribution is 5.59. The van der Waals surface area contributed by atoms with Crippen LogP contribution in [0.5, 0.6) is 5.75 Å². The number of nitrogen functional groups attached to an aromatic ring is 1. The van der Waals surface area contributed by atoms with Crippen molar-refractivity contribution in [1.29, 1.82) is 0 Å². The summed E-state index contributed by atoms with van der Waals surface area (Å²) in [5.74, 6) is 0.798. The number of nitrogens with one attached hydrogen (secondary N) is 1. The van der Waals surface area contributed by atoms with Crippen molar-refractivity contribution in [2.45, 2.75) is 26.2 Å². The first-order valence-corrected chi connectivity index (χ1v) is 6.55. The molecule has 0 saturated heterocycles. The summed E-state index contributed by atoms with van der Waals surface area (Å²) in [5.41, 5.74) is 7.83. The number of hydrogen-bond donors (Lipinski definition) is 3. The largest absolute Gasteiger partial charge is 0.494 e. The Balaban J connectivity index is 1.96. The van der Waals surface area contributed by atoms with Crippen LogP contribution in [0.4, 0.5) is 11.4 Å². The van der Waals surface area contributed by atoms with Gasteiger partial charge in [0.2, 0.25) is 0 Å². The average molecular weight is 250 g/mol. The van der Waals surface area contributed by atoms with E-state index in [9.17, 15) is 0 Å². The average Bonchev–Trinajstić information content (AvgIpc) is 3.07. The van der Waals surface area contributed by atoms with Crippen LogP contribution in [0.1, 0.15) is 26.2 Å². The van der Waals surface area contributed by atoms with E-state index in [1.807, 2.05) is 25.1 Å². The highest BCUT2D eigenvalue weighted by atomic mass is 16.5. The van der Waals surface area contributed by atoms with Gasteiger partial charge in [0.05, 0.1) is 6.61 Å². The number of aliphatic hydroxyl groups excluding tert-OH is 1. The molecule has 1 aliphatic rings. The summed E-state index contributed by atoms with van der Waals surface area (Å²) in [5, 5.41) is 12.4. The fraction of sp³-hybridized carbons (Fsp3) is 0.571. The van der Waals surface area contributed by atoms with Gasteiger partial charge in [0.25, 0.3) is 0 Å². The molecule has 1 saturated carbocycles. The van der Waals surface area contributed by atoms with Crippen molar-refractivity contribution in [3.63, 3.8) is 0 Å². The van der Waals surface area contributed by atoms with Crippen molar-refractivity contribution < 1.29 is 9.84 Å². The quantitative estimate of drug-likeness (QED) is 0.649. The highest BCUT2D eigenvalue weighted by Gasteiger charge is 2.41. The van der Waals surface area contributed by atoms with E-state index in [0.29, 0.717) is 17.7 Å². The molecule has 0 aliphatic heterocycles.